The number of imide groups is 1. The molecule has 2 aromatic rings. The first-order valence-corrected chi connectivity index (χ1v) is 7.10. The zero-order valence-electron chi connectivity index (χ0n) is 12.2. The largest absolute Gasteiger partial charge is 0.447 e. The summed E-state index contributed by atoms with van der Waals surface area (Å²) in [7, 11) is 0. The molecule has 3 rings (SSSR count). The number of hydrogen-bond donors (Lipinski definition) is 0. The van der Waals surface area contributed by atoms with Gasteiger partial charge in [-0.1, -0.05) is 32.0 Å². The van der Waals surface area contributed by atoms with Gasteiger partial charge in [0.2, 0.25) is 0 Å². The van der Waals surface area contributed by atoms with E-state index in [9.17, 15) is 9.59 Å². The SMILES string of the molecule is CC(C)[C@H]1COC(=O)N1C(=O)Cn1ccc2ccccc21. The molecule has 1 saturated heterocycles. The van der Waals surface area contributed by atoms with Crippen molar-refractivity contribution >= 4 is 22.9 Å². The number of aromatic nitrogens is 1. The number of para-hydroxylation sites is 1. The first-order chi connectivity index (χ1) is 10.1. The van der Waals surface area contributed by atoms with Gasteiger partial charge in [-0.15, -0.1) is 0 Å². The Morgan fingerprint density at radius 1 is 1.33 bits per heavy atom. The van der Waals surface area contributed by atoms with E-state index < -0.39 is 6.09 Å². The summed E-state index contributed by atoms with van der Waals surface area (Å²) in [6, 6.07) is 9.64. The maximum atomic E-state index is 12.5. The van der Waals surface area contributed by atoms with Crippen LogP contribution in [-0.2, 0) is 16.1 Å². The Kier molecular flexibility index (Phi) is 3.41. The van der Waals surface area contributed by atoms with Crippen molar-refractivity contribution in [3.05, 3.63) is 36.5 Å². The number of ether oxygens (including phenoxy) is 1. The number of rotatable bonds is 3. The fourth-order valence-corrected chi connectivity index (χ4v) is 2.71. The van der Waals surface area contributed by atoms with Crippen molar-refractivity contribution in [1.29, 1.82) is 0 Å². The van der Waals surface area contributed by atoms with Gasteiger partial charge < -0.3 is 9.30 Å². The van der Waals surface area contributed by atoms with Crippen LogP contribution in [0.5, 0.6) is 0 Å². The van der Waals surface area contributed by atoms with Gasteiger partial charge in [0.25, 0.3) is 5.91 Å². The van der Waals surface area contributed by atoms with Gasteiger partial charge in [-0.25, -0.2) is 9.69 Å². The Balaban J connectivity index is 1.84. The van der Waals surface area contributed by atoms with E-state index in [-0.39, 0.29) is 31.0 Å². The van der Waals surface area contributed by atoms with Crippen molar-refractivity contribution in [1.82, 2.24) is 9.47 Å². The number of fused-ring (bicyclic) bond motifs is 1. The maximum Gasteiger partial charge on any atom is 0.417 e. The summed E-state index contributed by atoms with van der Waals surface area (Å²) in [6.45, 7) is 4.40. The Bertz CT molecular complexity index is 690. The second-order valence-electron chi connectivity index (χ2n) is 5.65. The molecule has 0 unspecified atom stereocenters. The molecule has 0 N–H and O–H groups in total. The van der Waals surface area contributed by atoms with Gasteiger partial charge in [-0.2, -0.15) is 0 Å². The van der Waals surface area contributed by atoms with Crippen molar-refractivity contribution in [2.45, 2.75) is 26.4 Å². The molecule has 0 aliphatic carbocycles. The highest BCUT2D eigenvalue weighted by atomic mass is 16.6. The fraction of sp³-hybridized carbons (Fsp3) is 0.375. The van der Waals surface area contributed by atoms with E-state index in [0.717, 1.165) is 10.9 Å². The summed E-state index contributed by atoms with van der Waals surface area (Å²) < 4.78 is 6.89. The summed E-state index contributed by atoms with van der Waals surface area (Å²) in [4.78, 5) is 25.5. The minimum Gasteiger partial charge on any atom is -0.447 e. The van der Waals surface area contributed by atoms with E-state index in [4.69, 9.17) is 4.74 Å². The topological polar surface area (TPSA) is 51.5 Å². The molecule has 1 fully saturated rings. The van der Waals surface area contributed by atoms with Crippen molar-refractivity contribution in [2.75, 3.05) is 6.61 Å². The first kappa shape index (κ1) is 13.7. The summed E-state index contributed by atoms with van der Waals surface area (Å²) >= 11 is 0. The van der Waals surface area contributed by atoms with Crippen LogP contribution < -0.4 is 0 Å². The van der Waals surface area contributed by atoms with Crippen LogP contribution >= 0.6 is 0 Å². The highest BCUT2D eigenvalue weighted by molar-refractivity contribution is 5.94. The number of benzene rings is 1. The number of amides is 2. The molecule has 2 amide bonds. The second kappa shape index (κ2) is 5.24. The molecule has 1 aromatic carbocycles. The zero-order valence-corrected chi connectivity index (χ0v) is 12.2. The highest BCUT2D eigenvalue weighted by Crippen LogP contribution is 2.21. The lowest BCUT2D eigenvalue weighted by atomic mass is 10.0. The molecule has 21 heavy (non-hydrogen) atoms. The molecule has 1 atom stereocenters. The average Bonchev–Trinajstić information content (AvgIpc) is 3.03. The molecule has 0 saturated carbocycles. The van der Waals surface area contributed by atoms with Gasteiger partial charge in [0.15, 0.2) is 0 Å². The van der Waals surface area contributed by atoms with Crippen molar-refractivity contribution in [2.24, 2.45) is 5.92 Å². The minimum absolute atomic E-state index is 0.145. The number of nitrogens with zero attached hydrogens (tertiary/aromatic N) is 2. The third-order valence-electron chi connectivity index (χ3n) is 3.93. The predicted octanol–water partition coefficient (Wildman–Crippen LogP) is 2.64. The molecule has 1 aliphatic heterocycles. The molecule has 5 heteroatoms. The first-order valence-electron chi connectivity index (χ1n) is 7.10. The van der Waals surface area contributed by atoms with Gasteiger partial charge in [0, 0.05) is 11.7 Å². The van der Waals surface area contributed by atoms with Crippen molar-refractivity contribution in [3.63, 3.8) is 0 Å². The van der Waals surface area contributed by atoms with Crippen LogP contribution in [0.15, 0.2) is 36.5 Å². The summed E-state index contributed by atoms with van der Waals surface area (Å²) in [5.74, 6) is -0.0423. The van der Waals surface area contributed by atoms with Crippen molar-refractivity contribution in [3.8, 4) is 0 Å². The minimum atomic E-state index is -0.532. The van der Waals surface area contributed by atoms with E-state index in [1.165, 1.54) is 4.90 Å². The van der Waals surface area contributed by atoms with E-state index in [1.807, 2.05) is 54.9 Å². The Hall–Kier alpha value is -2.30. The average molecular weight is 286 g/mol. The normalized spacial score (nSPS) is 18.5. The monoisotopic (exact) mass is 286 g/mol. The predicted molar refractivity (Wildman–Crippen MR) is 78.8 cm³/mol. The lowest BCUT2D eigenvalue weighted by Crippen LogP contribution is -2.43. The Morgan fingerprint density at radius 2 is 2.10 bits per heavy atom. The molecule has 1 aliphatic rings. The maximum absolute atomic E-state index is 12.5. The quantitative estimate of drug-likeness (QED) is 0.871. The van der Waals surface area contributed by atoms with Gasteiger partial charge in [0.1, 0.15) is 13.2 Å². The Morgan fingerprint density at radius 3 is 2.86 bits per heavy atom. The molecular formula is C16H18N2O3. The molecule has 110 valence electrons. The third kappa shape index (κ3) is 2.39. The van der Waals surface area contributed by atoms with Crippen LogP contribution in [0.2, 0.25) is 0 Å². The van der Waals surface area contributed by atoms with Gasteiger partial charge in [-0.05, 0) is 23.4 Å². The van der Waals surface area contributed by atoms with E-state index in [2.05, 4.69) is 0 Å². The molecular weight excluding hydrogens is 268 g/mol. The summed E-state index contributed by atoms with van der Waals surface area (Å²) in [5, 5.41) is 1.08. The van der Waals surface area contributed by atoms with Crippen LogP contribution in [0.4, 0.5) is 4.79 Å². The van der Waals surface area contributed by atoms with Gasteiger partial charge in [0.05, 0.1) is 6.04 Å². The van der Waals surface area contributed by atoms with Crippen LogP contribution in [0.3, 0.4) is 0 Å². The van der Waals surface area contributed by atoms with Crippen molar-refractivity contribution < 1.29 is 14.3 Å². The number of carbonyl (C=O) groups excluding carboxylic acids is 2. The summed E-state index contributed by atoms with van der Waals surface area (Å²) in [6.07, 6.45) is 1.34. The summed E-state index contributed by atoms with van der Waals surface area (Å²) in [5.41, 5.74) is 0.986. The molecule has 1 aromatic heterocycles. The van der Waals surface area contributed by atoms with E-state index in [1.54, 1.807) is 0 Å². The van der Waals surface area contributed by atoms with Crippen LogP contribution in [0.1, 0.15) is 13.8 Å². The Labute approximate surface area is 123 Å². The van der Waals surface area contributed by atoms with E-state index in [0.29, 0.717) is 0 Å². The number of hydrogen-bond acceptors (Lipinski definition) is 3. The molecule has 0 spiro atoms. The van der Waals surface area contributed by atoms with Gasteiger partial charge >= 0.3 is 6.09 Å². The zero-order chi connectivity index (χ0) is 15.0. The van der Waals surface area contributed by atoms with Crippen LogP contribution in [-0.4, -0.2) is 34.1 Å². The van der Waals surface area contributed by atoms with Gasteiger partial charge in [-0.3, -0.25) is 4.79 Å². The van der Waals surface area contributed by atoms with E-state index >= 15 is 0 Å². The van der Waals surface area contributed by atoms with Crippen LogP contribution in [0, 0.1) is 5.92 Å². The molecule has 0 radical (unpaired) electrons. The molecule has 5 nitrogen and oxygen atoms in total. The number of cyclic esters (lactones) is 1. The molecule has 0 bridgehead atoms. The molecule has 2 heterocycles. The highest BCUT2D eigenvalue weighted by Gasteiger charge is 2.39. The number of carbonyl (C=O) groups is 2. The lowest BCUT2D eigenvalue weighted by molar-refractivity contribution is -0.130. The lowest BCUT2D eigenvalue weighted by Gasteiger charge is -2.22. The fourth-order valence-electron chi connectivity index (χ4n) is 2.71. The smallest absolute Gasteiger partial charge is 0.417 e. The third-order valence-corrected chi connectivity index (χ3v) is 3.93. The second-order valence-corrected chi connectivity index (χ2v) is 5.65. The van der Waals surface area contributed by atoms with Crippen LogP contribution in [0.25, 0.3) is 10.9 Å². The standard InChI is InChI=1S/C16H18N2O3/c1-11(2)14-10-21-16(20)18(14)15(19)9-17-8-7-12-5-3-4-6-13(12)17/h3-8,11,14H,9-10H2,1-2H3/t14-/m1/s1.